The number of hydrogen-bond acceptors (Lipinski definition) is 1. The first-order chi connectivity index (χ1) is 11.9. The minimum atomic E-state index is 0. The van der Waals surface area contributed by atoms with Crippen LogP contribution in [0.4, 0.5) is 0 Å². The van der Waals surface area contributed by atoms with Gasteiger partial charge in [0.15, 0.2) is 0 Å². The number of halogens is 1. The van der Waals surface area contributed by atoms with Gasteiger partial charge in [0.05, 0.1) is 0 Å². The van der Waals surface area contributed by atoms with Gasteiger partial charge < -0.3 is 5.73 Å². The summed E-state index contributed by atoms with van der Waals surface area (Å²) in [6.45, 7) is 2.93. The lowest BCUT2D eigenvalue weighted by molar-refractivity contribution is 0.556. The molecule has 1 nitrogen and oxygen atoms in total. The molecule has 2 N–H and O–H groups in total. The lowest BCUT2D eigenvalue weighted by atomic mass is 9.94. The normalized spacial score (nSPS) is 10.8. The Morgan fingerprint density at radius 2 is 1.32 bits per heavy atom. The molecule has 0 aliphatic heterocycles. The van der Waals surface area contributed by atoms with Crippen LogP contribution in [0.3, 0.4) is 0 Å². The zero-order valence-corrected chi connectivity index (χ0v) is 16.8. The van der Waals surface area contributed by atoms with Gasteiger partial charge in [-0.2, -0.15) is 0 Å². The third-order valence-electron chi connectivity index (χ3n) is 5.14. The molecular weight excluding hydrogens is 326 g/mol. The maximum absolute atomic E-state index is 5.96. The Balaban J connectivity index is 0.00000312. The number of rotatable bonds is 12. The van der Waals surface area contributed by atoms with Crippen molar-refractivity contribution >= 4 is 23.2 Å². The lowest BCUT2D eigenvalue weighted by Crippen LogP contribution is -2.02. The SMILES string of the molecule is CCCCCCCCCCCCc1c(CN)ccc2ccccc12.Cl. The van der Waals surface area contributed by atoms with Gasteiger partial charge in [-0.25, -0.2) is 0 Å². The average molecular weight is 362 g/mol. The third kappa shape index (κ3) is 7.38. The van der Waals surface area contributed by atoms with Crippen LogP contribution in [0.25, 0.3) is 10.8 Å². The molecule has 0 aliphatic rings. The summed E-state index contributed by atoms with van der Waals surface area (Å²) in [6, 6.07) is 13.1. The van der Waals surface area contributed by atoms with Crippen molar-refractivity contribution in [2.45, 2.75) is 84.1 Å². The van der Waals surface area contributed by atoms with Crippen molar-refractivity contribution in [2.24, 2.45) is 5.73 Å². The van der Waals surface area contributed by atoms with E-state index >= 15 is 0 Å². The van der Waals surface area contributed by atoms with Crippen molar-refractivity contribution in [1.29, 1.82) is 0 Å². The van der Waals surface area contributed by atoms with Gasteiger partial charge in [0.25, 0.3) is 0 Å². The smallest absolute Gasteiger partial charge is 0.0181 e. The highest BCUT2D eigenvalue weighted by Crippen LogP contribution is 2.24. The molecule has 2 aromatic carbocycles. The van der Waals surface area contributed by atoms with Gasteiger partial charge in [-0.05, 0) is 34.7 Å². The molecule has 0 fully saturated rings. The van der Waals surface area contributed by atoms with Gasteiger partial charge >= 0.3 is 0 Å². The predicted octanol–water partition coefficient (Wildman–Crippen LogP) is 7.18. The van der Waals surface area contributed by atoms with E-state index in [4.69, 9.17) is 5.73 Å². The Kier molecular flexibility index (Phi) is 11.6. The Labute approximate surface area is 160 Å². The largest absolute Gasteiger partial charge is 0.326 e. The van der Waals surface area contributed by atoms with E-state index in [2.05, 4.69) is 43.3 Å². The summed E-state index contributed by atoms with van der Waals surface area (Å²) >= 11 is 0. The number of aryl methyl sites for hydroxylation is 1. The fourth-order valence-electron chi connectivity index (χ4n) is 3.66. The predicted molar refractivity (Wildman–Crippen MR) is 115 cm³/mol. The van der Waals surface area contributed by atoms with Crippen LogP contribution in [-0.4, -0.2) is 0 Å². The molecule has 0 saturated heterocycles. The first-order valence-corrected chi connectivity index (χ1v) is 10.1. The van der Waals surface area contributed by atoms with E-state index in [-0.39, 0.29) is 12.4 Å². The first kappa shape index (κ1) is 22.0. The quantitative estimate of drug-likeness (QED) is 0.398. The van der Waals surface area contributed by atoms with Crippen molar-refractivity contribution in [3.8, 4) is 0 Å². The molecule has 2 rings (SSSR count). The van der Waals surface area contributed by atoms with Crippen molar-refractivity contribution < 1.29 is 0 Å². The molecule has 0 amide bonds. The monoisotopic (exact) mass is 361 g/mol. The number of benzene rings is 2. The van der Waals surface area contributed by atoms with Crippen molar-refractivity contribution in [3.63, 3.8) is 0 Å². The second kappa shape index (κ2) is 13.2. The van der Waals surface area contributed by atoms with E-state index in [9.17, 15) is 0 Å². The van der Waals surface area contributed by atoms with Crippen molar-refractivity contribution in [3.05, 3.63) is 47.5 Å². The van der Waals surface area contributed by atoms with Gasteiger partial charge in [0.2, 0.25) is 0 Å². The molecule has 0 atom stereocenters. The number of fused-ring (bicyclic) bond motifs is 1. The molecule has 0 radical (unpaired) electrons. The fraction of sp³-hybridized carbons (Fsp3) is 0.565. The Bertz CT molecular complexity index is 594. The van der Waals surface area contributed by atoms with Gasteiger partial charge in [0, 0.05) is 6.54 Å². The molecule has 0 saturated carbocycles. The number of nitrogens with two attached hydrogens (primary N) is 1. The van der Waals surface area contributed by atoms with Crippen molar-refractivity contribution in [1.82, 2.24) is 0 Å². The Morgan fingerprint density at radius 1 is 0.720 bits per heavy atom. The maximum Gasteiger partial charge on any atom is 0.0181 e. The molecule has 0 bridgehead atoms. The van der Waals surface area contributed by atoms with Crippen LogP contribution in [0.5, 0.6) is 0 Å². The molecule has 0 unspecified atom stereocenters. The van der Waals surface area contributed by atoms with Crippen LogP contribution in [0, 0.1) is 0 Å². The Morgan fingerprint density at radius 3 is 1.96 bits per heavy atom. The summed E-state index contributed by atoms with van der Waals surface area (Å²) in [4.78, 5) is 0. The summed E-state index contributed by atoms with van der Waals surface area (Å²) < 4.78 is 0. The molecule has 25 heavy (non-hydrogen) atoms. The van der Waals surface area contributed by atoms with E-state index in [1.807, 2.05) is 0 Å². The van der Waals surface area contributed by atoms with Crippen LogP contribution >= 0.6 is 12.4 Å². The van der Waals surface area contributed by atoms with Crippen LogP contribution in [0.2, 0.25) is 0 Å². The van der Waals surface area contributed by atoms with Crippen LogP contribution in [0.1, 0.15) is 82.3 Å². The minimum absolute atomic E-state index is 0. The number of hydrogen-bond donors (Lipinski definition) is 1. The van der Waals surface area contributed by atoms with Gasteiger partial charge in [-0.3, -0.25) is 0 Å². The van der Waals surface area contributed by atoms with Gasteiger partial charge in [-0.1, -0.05) is 101 Å². The molecule has 2 heteroatoms. The second-order valence-corrected chi connectivity index (χ2v) is 7.06. The van der Waals surface area contributed by atoms with Crippen LogP contribution < -0.4 is 5.73 Å². The minimum Gasteiger partial charge on any atom is -0.326 e. The summed E-state index contributed by atoms with van der Waals surface area (Å²) in [5.41, 5.74) is 8.77. The maximum atomic E-state index is 5.96. The summed E-state index contributed by atoms with van der Waals surface area (Å²) in [5, 5.41) is 2.74. The highest BCUT2D eigenvalue weighted by molar-refractivity contribution is 5.86. The molecule has 0 spiro atoms. The summed E-state index contributed by atoms with van der Waals surface area (Å²) in [5.74, 6) is 0. The van der Waals surface area contributed by atoms with E-state index < -0.39 is 0 Å². The molecule has 2 aromatic rings. The van der Waals surface area contributed by atoms with Crippen LogP contribution in [-0.2, 0) is 13.0 Å². The molecule has 140 valence electrons. The second-order valence-electron chi connectivity index (χ2n) is 7.06. The van der Waals surface area contributed by atoms with E-state index in [1.54, 1.807) is 0 Å². The summed E-state index contributed by atoms with van der Waals surface area (Å²) in [6.07, 6.45) is 15.1. The van der Waals surface area contributed by atoms with Crippen molar-refractivity contribution in [2.75, 3.05) is 0 Å². The highest BCUT2D eigenvalue weighted by atomic mass is 35.5. The topological polar surface area (TPSA) is 26.0 Å². The number of unbranched alkanes of at least 4 members (excludes halogenated alkanes) is 9. The van der Waals surface area contributed by atoms with E-state index in [0.717, 1.165) is 0 Å². The molecule has 0 heterocycles. The lowest BCUT2D eigenvalue weighted by Gasteiger charge is -2.12. The first-order valence-electron chi connectivity index (χ1n) is 10.1. The highest BCUT2D eigenvalue weighted by Gasteiger charge is 2.06. The van der Waals surface area contributed by atoms with Gasteiger partial charge in [0.1, 0.15) is 0 Å². The zero-order chi connectivity index (χ0) is 17.0. The van der Waals surface area contributed by atoms with Crippen LogP contribution in [0.15, 0.2) is 36.4 Å². The third-order valence-corrected chi connectivity index (χ3v) is 5.14. The van der Waals surface area contributed by atoms with E-state index in [1.165, 1.54) is 92.5 Å². The standard InChI is InChI=1S/C23H35N.ClH/c1-2-3-4-5-6-7-8-9-10-11-15-23-21(19-24)18-17-20-14-12-13-16-22(20)23;/h12-14,16-18H,2-11,15,19,24H2,1H3;1H. The van der Waals surface area contributed by atoms with E-state index in [0.29, 0.717) is 6.54 Å². The van der Waals surface area contributed by atoms with Gasteiger partial charge in [-0.15, -0.1) is 12.4 Å². The molecule has 0 aliphatic carbocycles. The Hall–Kier alpha value is -1.05. The molecular formula is C23H36ClN. The average Bonchev–Trinajstić information content (AvgIpc) is 2.63. The summed E-state index contributed by atoms with van der Waals surface area (Å²) in [7, 11) is 0. The molecule has 0 aromatic heterocycles. The fourth-order valence-corrected chi connectivity index (χ4v) is 3.66. The zero-order valence-electron chi connectivity index (χ0n) is 15.9.